The van der Waals surface area contributed by atoms with E-state index in [0.29, 0.717) is 12.0 Å². The molecule has 1 aliphatic heterocycles. The van der Waals surface area contributed by atoms with Gasteiger partial charge < -0.3 is 5.11 Å². The van der Waals surface area contributed by atoms with Crippen LogP contribution in [0.25, 0.3) is 0 Å². The molecule has 5 heteroatoms. The van der Waals surface area contributed by atoms with E-state index in [2.05, 4.69) is 10.1 Å². The van der Waals surface area contributed by atoms with Crippen molar-refractivity contribution < 1.29 is 9.90 Å². The minimum Gasteiger partial charge on any atom is -0.365 e. The molecule has 0 saturated carbocycles. The van der Waals surface area contributed by atoms with Crippen LogP contribution in [0.3, 0.4) is 0 Å². The van der Waals surface area contributed by atoms with Gasteiger partial charge in [-0.05, 0) is 13.0 Å². The zero-order chi connectivity index (χ0) is 13.3. The number of carbonyl (C=O) groups is 1. The summed E-state index contributed by atoms with van der Waals surface area (Å²) >= 11 is 0. The van der Waals surface area contributed by atoms with Crippen LogP contribution in [0.4, 0.5) is 0 Å². The van der Waals surface area contributed by atoms with Crippen LogP contribution in [-0.4, -0.2) is 26.7 Å². The average Bonchev–Trinajstić information content (AvgIpc) is 2.66. The number of hydrogen-bond acceptors (Lipinski definition) is 4. The van der Waals surface area contributed by atoms with Crippen molar-refractivity contribution in [2.45, 2.75) is 32.9 Å². The summed E-state index contributed by atoms with van der Waals surface area (Å²) in [6.45, 7) is 5.37. The fraction of sp³-hybridized carbons (Fsp3) is 0.462. The van der Waals surface area contributed by atoms with Crippen molar-refractivity contribution >= 4 is 11.6 Å². The molecule has 1 aromatic rings. The van der Waals surface area contributed by atoms with Crippen LogP contribution in [0.15, 0.2) is 29.6 Å². The maximum Gasteiger partial charge on any atom is 0.248 e. The first-order valence-electron chi connectivity index (χ1n) is 5.96. The molecule has 1 amide bonds. The molecule has 0 radical (unpaired) electrons. The number of pyridine rings is 1. The van der Waals surface area contributed by atoms with E-state index in [1.807, 2.05) is 0 Å². The van der Waals surface area contributed by atoms with E-state index in [-0.39, 0.29) is 11.8 Å². The Bertz CT molecular complexity index is 484. The number of amides is 1. The highest BCUT2D eigenvalue weighted by atomic mass is 16.3. The van der Waals surface area contributed by atoms with Crippen molar-refractivity contribution in [1.29, 1.82) is 0 Å². The zero-order valence-electron chi connectivity index (χ0n) is 10.8. The third kappa shape index (κ3) is 2.01. The minimum atomic E-state index is -1.40. The maximum absolute atomic E-state index is 12.1. The molecule has 0 spiro atoms. The minimum absolute atomic E-state index is 0.196. The highest BCUT2D eigenvalue weighted by Crippen LogP contribution is 2.35. The van der Waals surface area contributed by atoms with Crippen molar-refractivity contribution in [2.24, 2.45) is 11.0 Å². The van der Waals surface area contributed by atoms with Crippen molar-refractivity contribution in [3.8, 4) is 0 Å². The molecule has 1 aromatic heterocycles. The Labute approximate surface area is 106 Å². The fourth-order valence-electron chi connectivity index (χ4n) is 2.02. The smallest absolute Gasteiger partial charge is 0.248 e. The van der Waals surface area contributed by atoms with E-state index < -0.39 is 5.72 Å². The Kier molecular flexibility index (Phi) is 3.17. The van der Waals surface area contributed by atoms with Gasteiger partial charge in [0, 0.05) is 36.0 Å². The molecular formula is C13H17N3O2. The summed E-state index contributed by atoms with van der Waals surface area (Å²) in [6.07, 6.45) is 3.51. The Balaban J connectivity index is 2.41. The third-order valence-corrected chi connectivity index (χ3v) is 2.95. The highest BCUT2D eigenvalue weighted by Gasteiger charge is 2.45. The largest absolute Gasteiger partial charge is 0.365 e. The summed E-state index contributed by atoms with van der Waals surface area (Å²) in [7, 11) is 0. The number of aromatic nitrogens is 1. The second-order valence-corrected chi connectivity index (χ2v) is 4.88. The third-order valence-electron chi connectivity index (χ3n) is 2.95. The summed E-state index contributed by atoms with van der Waals surface area (Å²) < 4.78 is 0. The molecule has 0 saturated heterocycles. The predicted molar refractivity (Wildman–Crippen MR) is 67.5 cm³/mol. The summed E-state index contributed by atoms with van der Waals surface area (Å²) in [5.41, 5.74) is -0.0883. The lowest BCUT2D eigenvalue weighted by Crippen LogP contribution is -2.45. The predicted octanol–water partition coefficient (Wildman–Crippen LogP) is 1.49. The standard InChI is InChI=1S/C13H17N3O2/c1-9(2)12(17)16-13(18,7-10(3)15-16)11-5-4-6-14-8-11/h4-6,8-9,18H,7H2,1-3H3/t13-/m1/s1. The van der Waals surface area contributed by atoms with E-state index in [1.165, 1.54) is 5.01 Å². The van der Waals surface area contributed by atoms with Crippen LogP contribution in [0.2, 0.25) is 0 Å². The topological polar surface area (TPSA) is 65.8 Å². The molecule has 1 atom stereocenters. The Morgan fingerprint density at radius 2 is 2.28 bits per heavy atom. The molecule has 0 fully saturated rings. The second kappa shape index (κ2) is 4.49. The van der Waals surface area contributed by atoms with Gasteiger partial charge in [0.1, 0.15) is 0 Å². The molecule has 2 rings (SSSR count). The number of aliphatic hydroxyl groups is 1. The maximum atomic E-state index is 12.1. The number of rotatable bonds is 2. The van der Waals surface area contributed by atoms with E-state index >= 15 is 0 Å². The van der Waals surface area contributed by atoms with Gasteiger partial charge in [0.15, 0.2) is 5.72 Å². The lowest BCUT2D eigenvalue weighted by Gasteiger charge is -2.32. The molecule has 2 heterocycles. The number of hydrogen-bond donors (Lipinski definition) is 1. The first kappa shape index (κ1) is 12.7. The molecule has 5 nitrogen and oxygen atoms in total. The Morgan fingerprint density at radius 1 is 1.56 bits per heavy atom. The molecule has 0 aliphatic carbocycles. The van der Waals surface area contributed by atoms with Gasteiger partial charge >= 0.3 is 0 Å². The first-order valence-corrected chi connectivity index (χ1v) is 5.96. The summed E-state index contributed by atoms with van der Waals surface area (Å²) in [6, 6.07) is 3.49. The van der Waals surface area contributed by atoms with Gasteiger partial charge in [-0.3, -0.25) is 9.78 Å². The molecule has 0 bridgehead atoms. The Morgan fingerprint density at radius 3 is 2.83 bits per heavy atom. The van der Waals surface area contributed by atoms with Gasteiger partial charge in [-0.15, -0.1) is 0 Å². The van der Waals surface area contributed by atoms with Gasteiger partial charge in [-0.2, -0.15) is 10.1 Å². The average molecular weight is 247 g/mol. The SMILES string of the molecule is CC1=NN(C(=O)C(C)C)[C@](O)(c2cccnc2)C1. The highest BCUT2D eigenvalue weighted by molar-refractivity contribution is 5.89. The normalized spacial score (nSPS) is 23.4. The second-order valence-electron chi connectivity index (χ2n) is 4.88. The molecule has 0 aromatic carbocycles. The van der Waals surface area contributed by atoms with Gasteiger partial charge in [0.2, 0.25) is 5.91 Å². The van der Waals surface area contributed by atoms with E-state index in [1.54, 1.807) is 45.3 Å². The first-order chi connectivity index (χ1) is 8.45. The van der Waals surface area contributed by atoms with Gasteiger partial charge in [0.05, 0.1) is 0 Å². The van der Waals surface area contributed by atoms with Gasteiger partial charge in [-0.1, -0.05) is 19.9 Å². The summed E-state index contributed by atoms with van der Waals surface area (Å²) in [5.74, 6) is -0.416. The fourth-order valence-corrected chi connectivity index (χ4v) is 2.02. The number of carbonyl (C=O) groups excluding carboxylic acids is 1. The Hall–Kier alpha value is -1.75. The monoisotopic (exact) mass is 247 g/mol. The molecule has 0 unspecified atom stereocenters. The van der Waals surface area contributed by atoms with Crippen molar-refractivity contribution in [3.63, 3.8) is 0 Å². The summed E-state index contributed by atoms with van der Waals surface area (Å²) in [5, 5.41) is 16.1. The number of nitrogens with zero attached hydrogens (tertiary/aromatic N) is 3. The molecule has 1 N–H and O–H groups in total. The van der Waals surface area contributed by atoms with Crippen LogP contribution in [0.1, 0.15) is 32.8 Å². The van der Waals surface area contributed by atoms with Crippen LogP contribution in [-0.2, 0) is 10.5 Å². The van der Waals surface area contributed by atoms with Crippen molar-refractivity contribution in [3.05, 3.63) is 30.1 Å². The van der Waals surface area contributed by atoms with Crippen LogP contribution < -0.4 is 0 Å². The lowest BCUT2D eigenvalue weighted by molar-refractivity contribution is -0.161. The molecular weight excluding hydrogens is 230 g/mol. The molecule has 18 heavy (non-hydrogen) atoms. The van der Waals surface area contributed by atoms with E-state index in [4.69, 9.17) is 0 Å². The zero-order valence-corrected chi connectivity index (χ0v) is 10.8. The van der Waals surface area contributed by atoms with Crippen LogP contribution in [0.5, 0.6) is 0 Å². The van der Waals surface area contributed by atoms with Crippen molar-refractivity contribution in [1.82, 2.24) is 9.99 Å². The molecule has 1 aliphatic rings. The lowest BCUT2D eigenvalue weighted by atomic mass is 9.98. The van der Waals surface area contributed by atoms with Gasteiger partial charge in [0.25, 0.3) is 0 Å². The van der Waals surface area contributed by atoms with Crippen LogP contribution >= 0.6 is 0 Å². The summed E-state index contributed by atoms with van der Waals surface area (Å²) in [4.78, 5) is 16.1. The van der Waals surface area contributed by atoms with Crippen LogP contribution in [0, 0.1) is 5.92 Å². The van der Waals surface area contributed by atoms with E-state index in [0.717, 1.165) is 5.71 Å². The van der Waals surface area contributed by atoms with Crippen molar-refractivity contribution in [2.75, 3.05) is 0 Å². The quantitative estimate of drug-likeness (QED) is 0.861. The van der Waals surface area contributed by atoms with E-state index in [9.17, 15) is 9.90 Å². The molecule has 96 valence electrons. The number of hydrazone groups is 1. The van der Waals surface area contributed by atoms with Gasteiger partial charge in [-0.25, -0.2) is 0 Å².